The highest BCUT2D eigenvalue weighted by atomic mass is 35.5. The maximum atomic E-state index is 12.7. The number of methoxy groups -OCH3 is 2. The Bertz CT molecular complexity index is 1100. The number of carbonyl (C=O) groups excluding carboxylic acids is 1. The van der Waals surface area contributed by atoms with Crippen molar-refractivity contribution in [2.45, 2.75) is 6.61 Å². The Kier molecular flexibility index (Phi) is 6.94. The summed E-state index contributed by atoms with van der Waals surface area (Å²) < 4.78 is 16.3. The molecule has 8 nitrogen and oxygen atoms in total. The Morgan fingerprint density at radius 1 is 0.968 bits per heavy atom. The number of nitro groups is 1. The maximum absolute atomic E-state index is 12.7. The van der Waals surface area contributed by atoms with E-state index >= 15 is 0 Å². The molecule has 3 aromatic rings. The predicted molar refractivity (Wildman–Crippen MR) is 116 cm³/mol. The van der Waals surface area contributed by atoms with E-state index in [9.17, 15) is 14.9 Å². The highest BCUT2D eigenvalue weighted by Gasteiger charge is 2.16. The van der Waals surface area contributed by atoms with Crippen LogP contribution in [0.25, 0.3) is 0 Å². The van der Waals surface area contributed by atoms with E-state index in [-0.39, 0.29) is 11.4 Å². The molecule has 160 valence electrons. The molecule has 0 aliphatic rings. The molecule has 1 amide bonds. The minimum absolute atomic E-state index is 0.140. The van der Waals surface area contributed by atoms with E-state index < -0.39 is 10.8 Å². The van der Waals surface area contributed by atoms with Crippen molar-refractivity contribution in [2.75, 3.05) is 19.5 Å². The van der Waals surface area contributed by atoms with Crippen LogP contribution in [0.3, 0.4) is 0 Å². The Labute approximate surface area is 183 Å². The number of halogens is 1. The highest BCUT2D eigenvalue weighted by molar-refractivity contribution is 6.30. The van der Waals surface area contributed by atoms with Crippen LogP contribution in [0.2, 0.25) is 5.02 Å². The number of rotatable bonds is 8. The van der Waals surface area contributed by atoms with Gasteiger partial charge in [0, 0.05) is 16.7 Å². The first-order valence-corrected chi connectivity index (χ1v) is 9.48. The van der Waals surface area contributed by atoms with Crippen LogP contribution in [0.4, 0.5) is 11.4 Å². The Morgan fingerprint density at radius 3 is 2.32 bits per heavy atom. The molecule has 0 atom stereocenters. The number of anilines is 1. The van der Waals surface area contributed by atoms with Gasteiger partial charge in [-0.3, -0.25) is 14.9 Å². The zero-order chi connectivity index (χ0) is 22.4. The molecule has 3 rings (SSSR count). The van der Waals surface area contributed by atoms with Crippen LogP contribution < -0.4 is 19.5 Å². The van der Waals surface area contributed by atoms with Gasteiger partial charge in [-0.05, 0) is 42.0 Å². The van der Waals surface area contributed by atoms with Crippen molar-refractivity contribution in [3.63, 3.8) is 0 Å². The molecule has 0 heterocycles. The second-order valence-electron chi connectivity index (χ2n) is 6.38. The van der Waals surface area contributed by atoms with Gasteiger partial charge in [0.1, 0.15) is 12.4 Å². The lowest BCUT2D eigenvalue weighted by Crippen LogP contribution is -2.13. The molecular formula is C22H19ClN2O6. The molecule has 0 saturated heterocycles. The topological polar surface area (TPSA) is 99.9 Å². The van der Waals surface area contributed by atoms with Crippen molar-refractivity contribution in [3.05, 3.63) is 86.9 Å². The molecule has 1 N–H and O–H groups in total. The Hall–Kier alpha value is -3.78. The smallest absolute Gasteiger partial charge is 0.273 e. The third-order valence-corrected chi connectivity index (χ3v) is 4.63. The summed E-state index contributed by atoms with van der Waals surface area (Å²) in [5.41, 5.74) is 1.41. The van der Waals surface area contributed by atoms with Gasteiger partial charge in [-0.1, -0.05) is 23.7 Å². The van der Waals surface area contributed by atoms with Crippen LogP contribution in [0, 0.1) is 10.1 Å². The summed E-state index contributed by atoms with van der Waals surface area (Å²) in [4.78, 5) is 23.1. The van der Waals surface area contributed by atoms with E-state index in [0.717, 1.165) is 5.56 Å². The second kappa shape index (κ2) is 9.82. The van der Waals surface area contributed by atoms with Gasteiger partial charge in [0.05, 0.1) is 30.9 Å². The highest BCUT2D eigenvalue weighted by Crippen LogP contribution is 2.32. The number of nitro benzene ring substituents is 1. The van der Waals surface area contributed by atoms with Gasteiger partial charge in [0.15, 0.2) is 11.5 Å². The molecule has 0 aliphatic carbocycles. The van der Waals surface area contributed by atoms with Crippen molar-refractivity contribution >= 4 is 28.9 Å². The summed E-state index contributed by atoms with van der Waals surface area (Å²) >= 11 is 5.89. The van der Waals surface area contributed by atoms with Gasteiger partial charge in [-0.15, -0.1) is 0 Å². The molecule has 3 aromatic carbocycles. The quantitative estimate of drug-likeness (QED) is 0.385. The SMILES string of the molecule is COc1cc([N+](=O)[O-])ccc1NC(=O)c1ccc(OCc2ccc(Cl)cc2)c(OC)c1. The molecule has 0 aromatic heterocycles. The number of hydrogen-bond donors (Lipinski definition) is 1. The summed E-state index contributed by atoms with van der Waals surface area (Å²) in [6, 6.07) is 16.0. The van der Waals surface area contributed by atoms with Crippen LogP contribution in [0.15, 0.2) is 60.7 Å². The number of carbonyl (C=O) groups is 1. The van der Waals surface area contributed by atoms with Crippen molar-refractivity contribution < 1.29 is 23.9 Å². The number of hydrogen-bond acceptors (Lipinski definition) is 6. The molecule has 0 bridgehead atoms. The zero-order valence-electron chi connectivity index (χ0n) is 16.8. The van der Waals surface area contributed by atoms with E-state index in [4.69, 9.17) is 25.8 Å². The average Bonchev–Trinajstić information content (AvgIpc) is 2.78. The molecule has 31 heavy (non-hydrogen) atoms. The summed E-state index contributed by atoms with van der Waals surface area (Å²) in [6.07, 6.45) is 0. The van der Waals surface area contributed by atoms with E-state index in [1.54, 1.807) is 30.3 Å². The number of ether oxygens (including phenoxy) is 3. The fourth-order valence-corrected chi connectivity index (χ4v) is 2.89. The van der Waals surface area contributed by atoms with E-state index in [1.807, 2.05) is 12.1 Å². The maximum Gasteiger partial charge on any atom is 0.273 e. The summed E-state index contributed by atoms with van der Waals surface area (Å²) in [6.45, 7) is 0.305. The summed E-state index contributed by atoms with van der Waals surface area (Å²) in [5, 5.41) is 14.2. The lowest BCUT2D eigenvalue weighted by atomic mass is 10.1. The normalized spacial score (nSPS) is 10.3. The zero-order valence-corrected chi connectivity index (χ0v) is 17.5. The fourth-order valence-electron chi connectivity index (χ4n) is 2.76. The molecule has 0 spiro atoms. The number of nitrogens with one attached hydrogen (secondary N) is 1. The third kappa shape index (κ3) is 5.43. The molecule has 0 unspecified atom stereocenters. The van der Waals surface area contributed by atoms with Gasteiger partial charge in [0.25, 0.3) is 11.6 Å². The first-order valence-electron chi connectivity index (χ1n) is 9.10. The van der Waals surface area contributed by atoms with Crippen LogP contribution in [-0.4, -0.2) is 25.1 Å². The Morgan fingerprint density at radius 2 is 1.68 bits per heavy atom. The largest absolute Gasteiger partial charge is 0.494 e. The van der Waals surface area contributed by atoms with E-state index in [1.165, 1.54) is 32.4 Å². The molecule has 0 fully saturated rings. The van der Waals surface area contributed by atoms with Crippen LogP contribution in [0.1, 0.15) is 15.9 Å². The molecule has 0 aliphatic heterocycles. The third-order valence-electron chi connectivity index (χ3n) is 4.38. The first kappa shape index (κ1) is 21.9. The minimum Gasteiger partial charge on any atom is -0.494 e. The minimum atomic E-state index is -0.540. The van der Waals surface area contributed by atoms with Gasteiger partial charge >= 0.3 is 0 Å². The number of benzene rings is 3. The molecule has 9 heteroatoms. The predicted octanol–water partition coefficient (Wildman–Crippen LogP) is 5.10. The van der Waals surface area contributed by atoms with Crippen LogP contribution in [0.5, 0.6) is 17.2 Å². The van der Waals surface area contributed by atoms with E-state index in [0.29, 0.717) is 34.4 Å². The van der Waals surface area contributed by atoms with Crippen molar-refractivity contribution in [3.8, 4) is 17.2 Å². The van der Waals surface area contributed by atoms with E-state index in [2.05, 4.69) is 5.32 Å². The second-order valence-corrected chi connectivity index (χ2v) is 6.81. The van der Waals surface area contributed by atoms with Crippen molar-refractivity contribution in [2.24, 2.45) is 0 Å². The van der Waals surface area contributed by atoms with Crippen LogP contribution in [-0.2, 0) is 6.61 Å². The van der Waals surface area contributed by atoms with Crippen molar-refractivity contribution in [1.82, 2.24) is 0 Å². The molecule has 0 saturated carbocycles. The first-order chi connectivity index (χ1) is 14.9. The fraction of sp³-hybridized carbons (Fsp3) is 0.136. The van der Waals surface area contributed by atoms with Crippen LogP contribution >= 0.6 is 11.6 Å². The number of non-ortho nitro benzene ring substituents is 1. The monoisotopic (exact) mass is 442 g/mol. The Balaban J connectivity index is 1.74. The van der Waals surface area contributed by atoms with Gasteiger partial charge in [-0.25, -0.2) is 0 Å². The summed E-state index contributed by atoms with van der Waals surface area (Å²) in [5.74, 6) is 0.603. The lowest BCUT2D eigenvalue weighted by molar-refractivity contribution is -0.384. The molecule has 0 radical (unpaired) electrons. The van der Waals surface area contributed by atoms with Crippen molar-refractivity contribution in [1.29, 1.82) is 0 Å². The number of nitrogens with zero attached hydrogens (tertiary/aromatic N) is 1. The van der Waals surface area contributed by atoms with Gasteiger partial charge in [-0.2, -0.15) is 0 Å². The lowest BCUT2D eigenvalue weighted by Gasteiger charge is -2.13. The average molecular weight is 443 g/mol. The summed E-state index contributed by atoms with van der Waals surface area (Å²) in [7, 11) is 2.84. The standard InChI is InChI=1S/C22H19ClN2O6/c1-29-20-12-17(25(27)28)8-9-18(20)24-22(26)15-5-10-19(21(11-15)30-2)31-13-14-3-6-16(23)7-4-14/h3-12H,13H2,1-2H3,(H,24,26). The van der Waals surface area contributed by atoms with Gasteiger partial charge in [0.2, 0.25) is 0 Å². The number of amides is 1. The molecular weight excluding hydrogens is 424 g/mol. The van der Waals surface area contributed by atoms with Gasteiger partial charge < -0.3 is 19.5 Å².